The Morgan fingerprint density at radius 3 is 2.58 bits per heavy atom. The Hall–Kier alpha value is -0.940. The van der Waals surface area contributed by atoms with Gasteiger partial charge in [-0.15, -0.1) is 0 Å². The van der Waals surface area contributed by atoms with Crippen molar-refractivity contribution >= 4 is 0 Å². The van der Waals surface area contributed by atoms with Crippen LogP contribution in [-0.2, 0) is 11.2 Å². The van der Waals surface area contributed by atoms with E-state index in [1.807, 2.05) is 14.0 Å². The molecule has 1 heterocycles. The SMILES string of the molecule is CCOC(c1noc(CCC(C)NC)n1)C(C)(C)C. The molecule has 0 aliphatic rings. The molecule has 0 radical (unpaired) electrons. The number of rotatable bonds is 7. The number of hydrogen-bond donors (Lipinski definition) is 1. The quantitative estimate of drug-likeness (QED) is 0.824. The van der Waals surface area contributed by atoms with E-state index in [-0.39, 0.29) is 11.5 Å². The molecule has 5 heteroatoms. The summed E-state index contributed by atoms with van der Waals surface area (Å²) in [6.07, 6.45) is 1.64. The van der Waals surface area contributed by atoms with E-state index in [4.69, 9.17) is 9.26 Å². The molecule has 1 aromatic heterocycles. The highest BCUT2D eigenvalue weighted by molar-refractivity contribution is 4.96. The fraction of sp³-hybridized carbons (Fsp3) is 0.857. The lowest BCUT2D eigenvalue weighted by molar-refractivity contribution is -0.0203. The van der Waals surface area contributed by atoms with Crippen molar-refractivity contribution in [3.05, 3.63) is 11.7 Å². The van der Waals surface area contributed by atoms with E-state index >= 15 is 0 Å². The van der Waals surface area contributed by atoms with Crippen molar-refractivity contribution in [3.63, 3.8) is 0 Å². The number of nitrogens with zero attached hydrogens (tertiary/aromatic N) is 2. The molecule has 0 amide bonds. The van der Waals surface area contributed by atoms with Crippen molar-refractivity contribution < 1.29 is 9.26 Å². The summed E-state index contributed by atoms with van der Waals surface area (Å²) in [7, 11) is 1.95. The molecular weight excluding hydrogens is 242 g/mol. The van der Waals surface area contributed by atoms with Crippen LogP contribution in [0.1, 0.15) is 58.9 Å². The molecule has 0 saturated heterocycles. The molecule has 1 aromatic rings. The number of aryl methyl sites for hydroxylation is 1. The molecule has 5 nitrogen and oxygen atoms in total. The molecule has 1 rings (SSSR count). The third-order valence-electron chi connectivity index (χ3n) is 3.12. The first-order chi connectivity index (χ1) is 8.88. The van der Waals surface area contributed by atoms with Crippen LogP contribution in [0.25, 0.3) is 0 Å². The van der Waals surface area contributed by atoms with Gasteiger partial charge >= 0.3 is 0 Å². The Kier molecular flexibility index (Phi) is 5.94. The molecule has 2 atom stereocenters. The third kappa shape index (κ3) is 4.91. The highest BCUT2D eigenvalue weighted by atomic mass is 16.5. The van der Waals surface area contributed by atoms with Gasteiger partial charge in [0.25, 0.3) is 0 Å². The van der Waals surface area contributed by atoms with Gasteiger partial charge in [0.05, 0.1) is 0 Å². The maximum absolute atomic E-state index is 5.76. The molecular formula is C14H27N3O2. The maximum atomic E-state index is 5.76. The van der Waals surface area contributed by atoms with Crippen LogP contribution in [-0.4, -0.2) is 29.8 Å². The van der Waals surface area contributed by atoms with Crippen LogP contribution in [0.15, 0.2) is 4.52 Å². The third-order valence-corrected chi connectivity index (χ3v) is 3.12. The average Bonchev–Trinajstić information content (AvgIpc) is 2.79. The van der Waals surface area contributed by atoms with Gasteiger partial charge in [0.15, 0.2) is 0 Å². The van der Waals surface area contributed by atoms with E-state index in [1.54, 1.807) is 0 Å². The summed E-state index contributed by atoms with van der Waals surface area (Å²) in [5.74, 6) is 1.34. The Bertz CT molecular complexity index is 371. The standard InChI is InChI=1S/C14H27N3O2/c1-7-18-12(14(3,4)5)13-16-11(19-17-13)9-8-10(2)15-6/h10,12,15H,7-9H2,1-6H3. The smallest absolute Gasteiger partial charge is 0.226 e. The van der Waals surface area contributed by atoms with Gasteiger partial charge in [-0.3, -0.25) is 0 Å². The van der Waals surface area contributed by atoms with Gasteiger partial charge in [0.2, 0.25) is 11.7 Å². The lowest BCUT2D eigenvalue weighted by Gasteiger charge is -2.27. The molecule has 0 aliphatic carbocycles. The molecule has 0 spiro atoms. The molecule has 0 bridgehead atoms. The van der Waals surface area contributed by atoms with Gasteiger partial charge in [-0.1, -0.05) is 25.9 Å². The normalized spacial score (nSPS) is 15.5. The molecule has 110 valence electrons. The first-order valence-corrected chi connectivity index (χ1v) is 6.99. The molecule has 2 unspecified atom stereocenters. The van der Waals surface area contributed by atoms with Gasteiger partial charge in [0, 0.05) is 19.1 Å². The molecule has 0 fully saturated rings. The Balaban J connectivity index is 2.70. The van der Waals surface area contributed by atoms with Crippen LogP contribution in [0.4, 0.5) is 0 Å². The lowest BCUT2D eigenvalue weighted by Crippen LogP contribution is -2.23. The van der Waals surface area contributed by atoms with E-state index in [9.17, 15) is 0 Å². The van der Waals surface area contributed by atoms with E-state index in [1.165, 1.54) is 0 Å². The Morgan fingerprint density at radius 1 is 1.37 bits per heavy atom. The van der Waals surface area contributed by atoms with E-state index in [0.29, 0.717) is 24.4 Å². The van der Waals surface area contributed by atoms with Crippen molar-refractivity contribution in [1.29, 1.82) is 0 Å². The fourth-order valence-corrected chi connectivity index (χ4v) is 1.84. The minimum atomic E-state index is -0.128. The van der Waals surface area contributed by atoms with Crippen LogP contribution in [0.3, 0.4) is 0 Å². The Labute approximate surface area is 116 Å². The van der Waals surface area contributed by atoms with Gasteiger partial charge in [0.1, 0.15) is 6.10 Å². The highest BCUT2D eigenvalue weighted by Gasteiger charge is 2.31. The van der Waals surface area contributed by atoms with Crippen LogP contribution in [0, 0.1) is 5.41 Å². The molecule has 0 saturated carbocycles. The van der Waals surface area contributed by atoms with Crippen LogP contribution in [0.2, 0.25) is 0 Å². The van der Waals surface area contributed by atoms with Crippen molar-refractivity contribution in [3.8, 4) is 0 Å². The summed E-state index contributed by atoms with van der Waals surface area (Å²) in [6, 6.07) is 0.445. The van der Waals surface area contributed by atoms with Crippen molar-refractivity contribution in [1.82, 2.24) is 15.5 Å². The highest BCUT2D eigenvalue weighted by Crippen LogP contribution is 2.34. The zero-order chi connectivity index (χ0) is 14.5. The van der Waals surface area contributed by atoms with Crippen molar-refractivity contribution in [2.75, 3.05) is 13.7 Å². The van der Waals surface area contributed by atoms with Crippen molar-refractivity contribution in [2.45, 2.75) is 59.6 Å². The summed E-state index contributed by atoms with van der Waals surface area (Å²) in [4.78, 5) is 4.47. The summed E-state index contributed by atoms with van der Waals surface area (Å²) in [5, 5.41) is 7.27. The largest absolute Gasteiger partial charge is 0.370 e. The second-order valence-corrected chi connectivity index (χ2v) is 5.98. The Morgan fingerprint density at radius 2 is 2.05 bits per heavy atom. The van der Waals surface area contributed by atoms with Gasteiger partial charge < -0.3 is 14.6 Å². The predicted molar refractivity (Wildman–Crippen MR) is 75.0 cm³/mol. The molecule has 0 aliphatic heterocycles. The maximum Gasteiger partial charge on any atom is 0.226 e. The van der Waals surface area contributed by atoms with E-state index < -0.39 is 0 Å². The number of hydrogen-bond acceptors (Lipinski definition) is 5. The average molecular weight is 269 g/mol. The predicted octanol–water partition coefficient (Wildman–Crippen LogP) is 2.73. The molecule has 1 N–H and O–H groups in total. The summed E-state index contributed by atoms with van der Waals surface area (Å²) in [6.45, 7) is 11.1. The topological polar surface area (TPSA) is 60.2 Å². The summed E-state index contributed by atoms with van der Waals surface area (Å²) in [5.41, 5.74) is -0.0462. The second-order valence-electron chi connectivity index (χ2n) is 5.98. The minimum Gasteiger partial charge on any atom is -0.370 e. The monoisotopic (exact) mass is 269 g/mol. The summed E-state index contributed by atoms with van der Waals surface area (Å²) < 4.78 is 11.1. The zero-order valence-electron chi connectivity index (χ0n) is 13.0. The zero-order valence-corrected chi connectivity index (χ0v) is 13.0. The van der Waals surface area contributed by atoms with E-state index in [2.05, 4.69) is 43.2 Å². The van der Waals surface area contributed by atoms with Gasteiger partial charge in [-0.05, 0) is 32.7 Å². The number of aromatic nitrogens is 2. The van der Waals surface area contributed by atoms with Crippen LogP contribution >= 0.6 is 0 Å². The minimum absolute atomic E-state index is 0.0462. The fourth-order valence-electron chi connectivity index (χ4n) is 1.84. The summed E-state index contributed by atoms with van der Waals surface area (Å²) >= 11 is 0. The lowest BCUT2D eigenvalue weighted by atomic mass is 9.88. The van der Waals surface area contributed by atoms with E-state index in [0.717, 1.165) is 12.8 Å². The van der Waals surface area contributed by atoms with Gasteiger partial charge in [-0.25, -0.2) is 0 Å². The van der Waals surface area contributed by atoms with Crippen molar-refractivity contribution in [2.24, 2.45) is 5.41 Å². The first-order valence-electron chi connectivity index (χ1n) is 6.99. The first kappa shape index (κ1) is 16.1. The van der Waals surface area contributed by atoms with Crippen LogP contribution < -0.4 is 5.32 Å². The number of ether oxygens (including phenoxy) is 1. The second kappa shape index (κ2) is 7.01. The number of nitrogens with one attached hydrogen (secondary N) is 1. The molecule has 0 aromatic carbocycles. The van der Waals surface area contributed by atoms with Crippen LogP contribution in [0.5, 0.6) is 0 Å². The van der Waals surface area contributed by atoms with Gasteiger partial charge in [-0.2, -0.15) is 4.98 Å². The molecule has 19 heavy (non-hydrogen) atoms.